The Hall–Kier alpha value is -1.80. The van der Waals surface area contributed by atoms with Crippen LogP contribution in [0.5, 0.6) is 0 Å². The number of aromatic nitrogens is 3. The molecule has 2 aromatic rings. The van der Waals surface area contributed by atoms with Crippen molar-refractivity contribution in [3.63, 3.8) is 0 Å². The number of nitrogen functional groups attached to an aromatic ring is 1. The maximum absolute atomic E-state index is 12.9. The lowest BCUT2D eigenvalue weighted by Gasteiger charge is -2.11. The quantitative estimate of drug-likeness (QED) is 0.886. The van der Waals surface area contributed by atoms with Gasteiger partial charge >= 0.3 is 6.18 Å². The van der Waals surface area contributed by atoms with E-state index < -0.39 is 12.7 Å². The number of fused-ring (bicyclic) bond motifs is 1. The Labute approximate surface area is 141 Å². The smallest absolute Gasteiger partial charge is 0.382 e. The minimum Gasteiger partial charge on any atom is -0.382 e. The average Bonchev–Trinajstić information content (AvgIpc) is 2.87. The van der Waals surface area contributed by atoms with Crippen LogP contribution in [0.3, 0.4) is 0 Å². The Morgan fingerprint density at radius 2 is 2.00 bits per heavy atom. The van der Waals surface area contributed by atoms with E-state index in [0.29, 0.717) is 28.8 Å². The van der Waals surface area contributed by atoms with E-state index in [0.717, 1.165) is 17.8 Å². The van der Waals surface area contributed by atoms with Crippen molar-refractivity contribution in [2.24, 2.45) is 11.8 Å². The summed E-state index contributed by atoms with van der Waals surface area (Å²) in [6.07, 6.45) is -2.85. The van der Waals surface area contributed by atoms with Gasteiger partial charge in [0.25, 0.3) is 0 Å². The van der Waals surface area contributed by atoms with E-state index in [-0.39, 0.29) is 16.8 Å². The summed E-state index contributed by atoms with van der Waals surface area (Å²) in [6.45, 7) is 0.593. The number of hydrogen-bond donors (Lipinski definition) is 2. The Morgan fingerprint density at radius 1 is 1.29 bits per heavy atom. The van der Waals surface area contributed by atoms with Crippen molar-refractivity contribution >= 4 is 17.4 Å². The second kappa shape index (κ2) is 5.35. The van der Waals surface area contributed by atoms with Crippen LogP contribution < -0.4 is 11.1 Å². The van der Waals surface area contributed by atoms with Gasteiger partial charge in [0.2, 0.25) is 0 Å². The highest BCUT2D eigenvalue weighted by atomic mass is 35.5. The predicted octanol–water partition coefficient (Wildman–Crippen LogP) is 2.68. The second-order valence-electron chi connectivity index (χ2n) is 6.33. The molecule has 3 heterocycles. The summed E-state index contributed by atoms with van der Waals surface area (Å²) in [5, 5.41) is 7.67. The molecule has 5 nitrogen and oxygen atoms in total. The lowest BCUT2D eigenvalue weighted by Crippen LogP contribution is -2.22. The number of hydrogen-bond acceptors (Lipinski definition) is 4. The highest BCUT2D eigenvalue weighted by molar-refractivity contribution is 6.33. The third kappa shape index (κ3) is 2.73. The van der Waals surface area contributed by atoms with E-state index in [1.807, 2.05) is 0 Å². The number of rotatable bonds is 3. The molecule has 2 aromatic heterocycles. The van der Waals surface area contributed by atoms with Crippen LogP contribution in [-0.4, -0.2) is 34.0 Å². The van der Waals surface area contributed by atoms with Crippen molar-refractivity contribution in [3.8, 4) is 11.3 Å². The normalized spacial score (nSPS) is 25.8. The minimum atomic E-state index is -4.32. The molecule has 1 saturated heterocycles. The number of pyridine rings is 1. The number of halogens is 4. The molecule has 0 amide bonds. The Morgan fingerprint density at radius 3 is 2.62 bits per heavy atom. The molecule has 0 unspecified atom stereocenters. The van der Waals surface area contributed by atoms with Crippen molar-refractivity contribution in [1.82, 2.24) is 20.1 Å². The summed E-state index contributed by atoms with van der Waals surface area (Å²) in [7, 11) is 0. The zero-order valence-corrected chi connectivity index (χ0v) is 13.3. The summed E-state index contributed by atoms with van der Waals surface area (Å²) in [6, 6.07) is 3.29. The van der Waals surface area contributed by atoms with Gasteiger partial charge in [0.1, 0.15) is 12.4 Å². The molecule has 128 valence electrons. The van der Waals surface area contributed by atoms with E-state index in [2.05, 4.69) is 15.4 Å². The molecule has 0 spiro atoms. The van der Waals surface area contributed by atoms with Gasteiger partial charge in [0.05, 0.1) is 10.7 Å². The maximum atomic E-state index is 12.9. The maximum Gasteiger partial charge on any atom is 0.408 e. The minimum absolute atomic E-state index is 0.132. The first-order chi connectivity index (χ1) is 11.3. The highest BCUT2D eigenvalue weighted by Gasteiger charge is 2.55. The van der Waals surface area contributed by atoms with Crippen molar-refractivity contribution in [2.45, 2.75) is 18.6 Å². The molecule has 0 radical (unpaired) electrons. The Balaban J connectivity index is 1.72. The third-order valence-electron chi connectivity index (χ3n) is 4.74. The molecule has 1 saturated carbocycles. The molecule has 0 aromatic carbocycles. The van der Waals surface area contributed by atoms with Crippen molar-refractivity contribution in [3.05, 3.63) is 29.0 Å². The lowest BCUT2D eigenvalue weighted by molar-refractivity contribution is -0.143. The summed E-state index contributed by atoms with van der Waals surface area (Å²) >= 11 is 5.96. The monoisotopic (exact) mass is 357 g/mol. The number of nitrogens with two attached hydrogens (primary N) is 1. The lowest BCUT2D eigenvalue weighted by atomic mass is 10.1. The van der Waals surface area contributed by atoms with E-state index in [4.69, 9.17) is 17.3 Å². The fourth-order valence-corrected chi connectivity index (χ4v) is 3.75. The molecule has 0 bridgehead atoms. The summed E-state index contributed by atoms with van der Waals surface area (Å²) < 4.78 is 39.8. The van der Waals surface area contributed by atoms with Crippen LogP contribution in [0, 0.1) is 11.8 Å². The highest BCUT2D eigenvalue weighted by Crippen LogP contribution is 2.56. The van der Waals surface area contributed by atoms with Gasteiger partial charge in [-0.15, -0.1) is 0 Å². The largest absolute Gasteiger partial charge is 0.408 e. The van der Waals surface area contributed by atoms with E-state index in [1.54, 1.807) is 12.1 Å². The van der Waals surface area contributed by atoms with E-state index >= 15 is 0 Å². The van der Waals surface area contributed by atoms with Gasteiger partial charge in [-0.25, -0.2) is 4.98 Å². The zero-order chi connectivity index (χ0) is 17.1. The van der Waals surface area contributed by atoms with Crippen LogP contribution in [0.2, 0.25) is 5.02 Å². The van der Waals surface area contributed by atoms with Gasteiger partial charge in [-0.05, 0) is 37.1 Å². The van der Waals surface area contributed by atoms with Gasteiger partial charge in [0, 0.05) is 23.4 Å². The van der Waals surface area contributed by atoms with Crippen LogP contribution in [-0.2, 0) is 6.54 Å². The average molecular weight is 358 g/mol. The van der Waals surface area contributed by atoms with Crippen molar-refractivity contribution in [2.75, 3.05) is 18.8 Å². The van der Waals surface area contributed by atoms with E-state index in [1.165, 1.54) is 6.20 Å². The molecule has 2 fully saturated rings. The fourth-order valence-electron chi connectivity index (χ4n) is 3.58. The molecular formula is C15H15ClF3N5. The van der Waals surface area contributed by atoms with Crippen LogP contribution in [0.25, 0.3) is 11.3 Å². The summed E-state index contributed by atoms with van der Waals surface area (Å²) in [5.74, 6) is 1.11. The first kappa shape index (κ1) is 15.7. The van der Waals surface area contributed by atoms with Gasteiger partial charge in [-0.2, -0.15) is 18.3 Å². The molecule has 1 aliphatic heterocycles. The number of nitrogens with zero attached hydrogens (tertiary/aromatic N) is 3. The standard InChI is InChI=1S/C15H15ClF3N5/c16-10-1-7(3-22-14(10)20)11-2-12(13-8-4-21-5-9(8)13)24(23-11)6-15(17,18)19/h1-3,8-9,13,21H,4-6H2,(H2,20,22)/t8-,9+,13+. The fraction of sp³-hybridized carbons (Fsp3) is 0.467. The Bertz CT molecular complexity index is 778. The molecule has 2 aliphatic rings. The van der Waals surface area contributed by atoms with Gasteiger partial charge in [-0.1, -0.05) is 11.6 Å². The number of nitrogens with one attached hydrogen (secondary N) is 1. The molecule has 24 heavy (non-hydrogen) atoms. The molecule has 9 heteroatoms. The topological polar surface area (TPSA) is 68.8 Å². The third-order valence-corrected chi connectivity index (χ3v) is 5.04. The van der Waals surface area contributed by atoms with Crippen LogP contribution in [0.15, 0.2) is 18.3 Å². The summed E-state index contributed by atoms with van der Waals surface area (Å²) in [5.41, 5.74) is 7.20. The Kier molecular flexibility index (Phi) is 3.50. The first-order valence-corrected chi connectivity index (χ1v) is 7.98. The number of piperidine rings is 1. The summed E-state index contributed by atoms with van der Waals surface area (Å²) in [4.78, 5) is 3.95. The first-order valence-electron chi connectivity index (χ1n) is 7.60. The second-order valence-corrected chi connectivity index (χ2v) is 6.74. The molecule has 3 N–H and O–H groups in total. The molecule has 4 rings (SSSR count). The number of alkyl halides is 3. The zero-order valence-electron chi connectivity index (χ0n) is 12.5. The van der Waals surface area contributed by atoms with Crippen LogP contribution >= 0.6 is 11.6 Å². The van der Waals surface area contributed by atoms with Gasteiger partial charge < -0.3 is 11.1 Å². The van der Waals surface area contributed by atoms with E-state index in [9.17, 15) is 13.2 Å². The van der Waals surface area contributed by atoms with Crippen molar-refractivity contribution < 1.29 is 13.2 Å². The SMILES string of the molecule is Nc1ncc(-c2cc([C@H]3[C@@H]4CNC[C@@H]43)n(CC(F)(F)F)n2)cc1Cl. The van der Waals surface area contributed by atoms with Crippen molar-refractivity contribution in [1.29, 1.82) is 0 Å². The number of anilines is 1. The molecule has 3 atom stereocenters. The molecule has 1 aliphatic carbocycles. The van der Waals surface area contributed by atoms with Gasteiger partial charge in [0.15, 0.2) is 0 Å². The van der Waals surface area contributed by atoms with Crippen LogP contribution in [0.4, 0.5) is 19.0 Å². The van der Waals surface area contributed by atoms with Gasteiger partial charge in [-0.3, -0.25) is 4.68 Å². The van der Waals surface area contributed by atoms with Crippen LogP contribution in [0.1, 0.15) is 11.6 Å². The predicted molar refractivity (Wildman–Crippen MR) is 83.5 cm³/mol. The molecular weight excluding hydrogens is 343 g/mol.